The summed E-state index contributed by atoms with van der Waals surface area (Å²) in [5.74, 6) is 1.51. The van der Waals surface area contributed by atoms with Crippen LogP contribution < -0.4 is 14.8 Å². The molecule has 6 nitrogen and oxygen atoms in total. The molecular formula is C30H31N3O3. The highest BCUT2D eigenvalue weighted by Crippen LogP contribution is 2.33. The van der Waals surface area contributed by atoms with E-state index in [1.807, 2.05) is 66.7 Å². The fraction of sp³-hybridized carbons (Fsp3) is 0.300. The standard InChI is InChI=1S/C30H31N3O3/c1-35-24-14-9-20(10-15-24)28-29(21-11-16-25(36-2)17-12-21)33-27-19-22(13-18-26(27)32-28)30(34)31-23-7-5-3-4-6-8-23/h9-19,23H,3-8H2,1-2H3,(H,31,34). The SMILES string of the molecule is COc1ccc(-c2nc3ccc(C(=O)NC4CCCCCC4)cc3nc2-c2ccc(OC)cc2)cc1. The van der Waals surface area contributed by atoms with E-state index in [0.717, 1.165) is 52.4 Å². The van der Waals surface area contributed by atoms with Gasteiger partial charge in [-0.3, -0.25) is 4.79 Å². The highest BCUT2D eigenvalue weighted by molar-refractivity contribution is 5.98. The summed E-state index contributed by atoms with van der Waals surface area (Å²) in [6, 6.07) is 21.4. The first-order chi connectivity index (χ1) is 17.6. The van der Waals surface area contributed by atoms with Crippen molar-refractivity contribution in [2.45, 2.75) is 44.6 Å². The molecule has 0 unspecified atom stereocenters. The average Bonchev–Trinajstić information content (AvgIpc) is 3.20. The lowest BCUT2D eigenvalue weighted by atomic mass is 10.0. The van der Waals surface area contributed by atoms with Gasteiger partial charge in [-0.15, -0.1) is 0 Å². The van der Waals surface area contributed by atoms with Crippen molar-refractivity contribution in [3.8, 4) is 34.0 Å². The fourth-order valence-electron chi connectivity index (χ4n) is 4.79. The van der Waals surface area contributed by atoms with Crippen LogP contribution in [0.1, 0.15) is 48.9 Å². The summed E-state index contributed by atoms with van der Waals surface area (Å²) in [5.41, 5.74) is 5.41. The minimum Gasteiger partial charge on any atom is -0.497 e. The summed E-state index contributed by atoms with van der Waals surface area (Å²) in [6.07, 6.45) is 6.95. The predicted molar refractivity (Wildman–Crippen MR) is 142 cm³/mol. The van der Waals surface area contributed by atoms with Gasteiger partial charge in [0.05, 0.1) is 36.6 Å². The van der Waals surface area contributed by atoms with Crippen molar-refractivity contribution >= 4 is 16.9 Å². The molecular weight excluding hydrogens is 450 g/mol. The van der Waals surface area contributed by atoms with E-state index >= 15 is 0 Å². The molecule has 3 aromatic carbocycles. The molecule has 0 bridgehead atoms. The molecule has 1 aliphatic carbocycles. The molecule has 1 aromatic heterocycles. The number of benzene rings is 3. The number of hydrogen-bond donors (Lipinski definition) is 1. The van der Waals surface area contributed by atoms with E-state index in [0.29, 0.717) is 11.1 Å². The summed E-state index contributed by atoms with van der Waals surface area (Å²) < 4.78 is 10.7. The molecule has 0 saturated heterocycles. The Morgan fingerprint density at radius 1 is 0.722 bits per heavy atom. The molecule has 1 fully saturated rings. The zero-order valence-electron chi connectivity index (χ0n) is 20.8. The molecule has 1 aliphatic rings. The Kier molecular flexibility index (Phi) is 7.12. The molecule has 1 heterocycles. The second-order valence-corrected chi connectivity index (χ2v) is 9.24. The van der Waals surface area contributed by atoms with Crippen molar-refractivity contribution in [2.75, 3.05) is 14.2 Å². The first-order valence-corrected chi connectivity index (χ1v) is 12.6. The van der Waals surface area contributed by atoms with Crippen LogP contribution in [0.3, 0.4) is 0 Å². The number of amides is 1. The van der Waals surface area contributed by atoms with Crippen LogP contribution in [0.15, 0.2) is 66.7 Å². The lowest BCUT2D eigenvalue weighted by molar-refractivity contribution is 0.0933. The Bertz CT molecular complexity index is 1340. The van der Waals surface area contributed by atoms with Gasteiger partial charge in [-0.25, -0.2) is 9.97 Å². The monoisotopic (exact) mass is 481 g/mol. The van der Waals surface area contributed by atoms with Crippen molar-refractivity contribution in [3.05, 3.63) is 72.3 Å². The second kappa shape index (κ2) is 10.8. The molecule has 1 saturated carbocycles. The summed E-state index contributed by atoms with van der Waals surface area (Å²) >= 11 is 0. The smallest absolute Gasteiger partial charge is 0.251 e. The number of ether oxygens (including phenoxy) is 2. The molecule has 1 amide bonds. The summed E-state index contributed by atoms with van der Waals surface area (Å²) in [7, 11) is 3.30. The molecule has 0 radical (unpaired) electrons. The lowest BCUT2D eigenvalue weighted by Gasteiger charge is -2.16. The van der Waals surface area contributed by atoms with Crippen LogP contribution in [-0.2, 0) is 0 Å². The predicted octanol–water partition coefficient (Wildman–Crippen LogP) is 6.43. The van der Waals surface area contributed by atoms with Gasteiger partial charge in [0.25, 0.3) is 5.91 Å². The number of hydrogen-bond acceptors (Lipinski definition) is 5. The number of carbonyl (C=O) groups excluding carboxylic acids is 1. The maximum absolute atomic E-state index is 13.1. The second-order valence-electron chi connectivity index (χ2n) is 9.24. The Hall–Kier alpha value is -3.93. The molecule has 0 spiro atoms. The summed E-state index contributed by atoms with van der Waals surface area (Å²) in [6.45, 7) is 0. The number of methoxy groups -OCH3 is 2. The molecule has 6 heteroatoms. The van der Waals surface area contributed by atoms with Crippen molar-refractivity contribution in [1.29, 1.82) is 0 Å². The molecule has 5 rings (SSSR count). The van der Waals surface area contributed by atoms with Gasteiger partial charge in [-0.05, 0) is 79.6 Å². The molecule has 1 N–H and O–H groups in total. The van der Waals surface area contributed by atoms with Gasteiger partial charge < -0.3 is 14.8 Å². The molecule has 4 aromatic rings. The Morgan fingerprint density at radius 2 is 1.25 bits per heavy atom. The van der Waals surface area contributed by atoms with E-state index in [2.05, 4.69) is 5.32 Å². The summed E-state index contributed by atoms with van der Waals surface area (Å²) in [4.78, 5) is 23.1. The van der Waals surface area contributed by atoms with Crippen molar-refractivity contribution in [3.63, 3.8) is 0 Å². The molecule has 184 valence electrons. The number of aromatic nitrogens is 2. The fourth-order valence-corrected chi connectivity index (χ4v) is 4.79. The van der Waals surface area contributed by atoms with Gasteiger partial charge in [0.2, 0.25) is 0 Å². The van der Waals surface area contributed by atoms with Crippen molar-refractivity contribution in [2.24, 2.45) is 0 Å². The third kappa shape index (κ3) is 5.18. The van der Waals surface area contributed by atoms with Gasteiger partial charge in [-0.1, -0.05) is 25.7 Å². The first-order valence-electron chi connectivity index (χ1n) is 12.6. The zero-order valence-corrected chi connectivity index (χ0v) is 20.8. The largest absolute Gasteiger partial charge is 0.497 e. The molecule has 36 heavy (non-hydrogen) atoms. The first kappa shape index (κ1) is 23.8. The Morgan fingerprint density at radius 3 is 1.78 bits per heavy atom. The van der Waals surface area contributed by atoms with Gasteiger partial charge in [0.1, 0.15) is 11.5 Å². The van der Waals surface area contributed by atoms with Crippen LogP contribution in [-0.4, -0.2) is 36.1 Å². The zero-order chi connectivity index (χ0) is 24.9. The van der Waals surface area contributed by atoms with Crippen molar-refractivity contribution < 1.29 is 14.3 Å². The third-order valence-electron chi connectivity index (χ3n) is 6.84. The number of rotatable bonds is 6. The Labute approximate surface area is 211 Å². The molecule has 0 atom stereocenters. The summed E-state index contributed by atoms with van der Waals surface area (Å²) in [5, 5.41) is 3.23. The van der Waals surface area contributed by atoms with E-state index in [9.17, 15) is 4.79 Å². The van der Waals surface area contributed by atoms with E-state index in [-0.39, 0.29) is 11.9 Å². The van der Waals surface area contributed by atoms with Gasteiger partial charge >= 0.3 is 0 Å². The van der Waals surface area contributed by atoms with Gasteiger partial charge in [-0.2, -0.15) is 0 Å². The van der Waals surface area contributed by atoms with Crippen LogP contribution in [0.5, 0.6) is 11.5 Å². The molecule has 0 aliphatic heterocycles. The van der Waals surface area contributed by atoms with Crippen LogP contribution in [0.25, 0.3) is 33.5 Å². The van der Waals surface area contributed by atoms with E-state index < -0.39 is 0 Å². The number of carbonyl (C=O) groups is 1. The number of nitrogens with one attached hydrogen (secondary N) is 1. The van der Waals surface area contributed by atoms with Crippen LogP contribution in [0.4, 0.5) is 0 Å². The van der Waals surface area contributed by atoms with Gasteiger partial charge in [0, 0.05) is 22.7 Å². The highest BCUT2D eigenvalue weighted by atomic mass is 16.5. The maximum atomic E-state index is 13.1. The van der Waals surface area contributed by atoms with E-state index in [4.69, 9.17) is 19.4 Å². The maximum Gasteiger partial charge on any atom is 0.251 e. The van der Waals surface area contributed by atoms with Crippen LogP contribution in [0, 0.1) is 0 Å². The van der Waals surface area contributed by atoms with Crippen molar-refractivity contribution in [1.82, 2.24) is 15.3 Å². The normalized spacial score (nSPS) is 14.3. The lowest BCUT2D eigenvalue weighted by Crippen LogP contribution is -2.34. The minimum atomic E-state index is -0.0455. The quantitative estimate of drug-likeness (QED) is 0.321. The van der Waals surface area contributed by atoms with Crippen LogP contribution in [0.2, 0.25) is 0 Å². The van der Waals surface area contributed by atoms with E-state index in [1.54, 1.807) is 14.2 Å². The third-order valence-corrected chi connectivity index (χ3v) is 6.84. The Balaban J connectivity index is 1.54. The highest BCUT2D eigenvalue weighted by Gasteiger charge is 2.18. The van der Waals surface area contributed by atoms with E-state index in [1.165, 1.54) is 25.7 Å². The average molecular weight is 482 g/mol. The van der Waals surface area contributed by atoms with Gasteiger partial charge in [0.15, 0.2) is 0 Å². The number of fused-ring (bicyclic) bond motifs is 1. The number of nitrogens with zero attached hydrogens (tertiary/aromatic N) is 2. The minimum absolute atomic E-state index is 0.0455. The van der Waals surface area contributed by atoms with Crippen LogP contribution >= 0.6 is 0 Å². The topological polar surface area (TPSA) is 73.3 Å².